The molecular formula is C29H34F2N8O4S. The number of nitrogens with two attached hydrogens (primary N) is 1. The summed E-state index contributed by atoms with van der Waals surface area (Å²) in [5.74, 6) is -2.60. The predicted octanol–water partition coefficient (Wildman–Crippen LogP) is 3.13. The monoisotopic (exact) mass is 628 g/mol. The van der Waals surface area contributed by atoms with E-state index in [-0.39, 0.29) is 41.7 Å². The van der Waals surface area contributed by atoms with Crippen molar-refractivity contribution in [3.8, 4) is 10.6 Å². The normalized spacial score (nSPS) is 20.1. The number of ether oxygens (including phenoxy) is 2. The van der Waals surface area contributed by atoms with Gasteiger partial charge in [0.1, 0.15) is 16.4 Å². The summed E-state index contributed by atoms with van der Waals surface area (Å²) in [4.78, 5) is 40.5. The SMILES string of the molecule is CCOC1CCC(N=CC(NC(=O)c2csc(-c3cnn(C(=O)CN4CCOCC4)c3)n2)=C(N)c2nc(F)ccc2F)CC1. The Bertz CT molecular complexity index is 1530. The fourth-order valence-electron chi connectivity index (χ4n) is 4.97. The summed E-state index contributed by atoms with van der Waals surface area (Å²) in [6.45, 7) is 5.33. The molecule has 2 aliphatic rings. The number of halogens is 2. The summed E-state index contributed by atoms with van der Waals surface area (Å²) in [6.07, 6.45) is 7.85. The van der Waals surface area contributed by atoms with Crippen LogP contribution in [-0.4, -0.2) is 94.3 Å². The quantitative estimate of drug-likeness (QED) is 0.255. The van der Waals surface area contributed by atoms with Gasteiger partial charge in [-0.15, -0.1) is 11.3 Å². The Kier molecular flexibility index (Phi) is 10.5. The predicted molar refractivity (Wildman–Crippen MR) is 160 cm³/mol. The average Bonchev–Trinajstić information content (AvgIpc) is 3.72. The van der Waals surface area contributed by atoms with Gasteiger partial charge in [0.15, 0.2) is 5.82 Å². The van der Waals surface area contributed by atoms with E-state index in [1.165, 1.54) is 28.4 Å². The van der Waals surface area contributed by atoms with Crippen molar-refractivity contribution in [3.05, 3.63) is 58.8 Å². The lowest BCUT2D eigenvalue weighted by Gasteiger charge is -2.26. The summed E-state index contributed by atoms with van der Waals surface area (Å²) in [7, 11) is 0. The number of morpholine rings is 1. The number of carbonyl (C=O) groups excluding carboxylic acids is 2. The molecule has 5 rings (SSSR count). The highest BCUT2D eigenvalue weighted by molar-refractivity contribution is 7.13. The van der Waals surface area contributed by atoms with Crippen LogP contribution < -0.4 is 11.1 Å². The number of rotatable bonds is 10. The molecule has 15 heteroatoms. The van der Waals surface area contributed by atoms with Crippen molar-refractivity contribution in [1.82, 2.24) is 30.0 Å². The molecule has 3 N–H and O–H groups in total. The van der Waals surface area contributed by atoms with Gasteiger partial charge in [-0.3, -0.25) is 19.5 Å². The van der Waals surface area contributed by atoms with E-state index in [4.69, 9.17) is 15.2 Å². The second-order valence-electron chi connectivity index (χ2n) is 10.4. The molecule has 1 aliphatic heterocycles. The maximum absolute atomic E-state index is 14.6. The smallest absolute Gasteiger partial charge is 0.275 e. The van der Waals surface area contributed by atoms with Gasteiger partial charge in [-0.05, 0) is 44.7 Å². The van der Waals surface area contributed by atoms with E-state index in [1.54, 1.807) is 11.6 Å². The van der Waals surface area contributed by atoms with Gasteiger partial charge in [-0.2, -0.15) is 9.49 Å². The van der Waals surface area contributed by atoms with Crippen molar-refractivity contribution in [1.29, 1.82) is 0 Å². The maximum Gasteiger partial charge on any atom is 0.275 e. The number of hydrogen-bond donors (Lipinski definition) is 2. The van der Waals surface area contributed by atoms with E-state index in [2.05, 4.69) is 25.4 Å². The van der Waals surface area contributed by atoms with Gasteiger partial charge in [0, 0.05) is 43.1 Å². The lowest BCUT2D eigenvalue weighted by Crippen LogP contribution is -2.40. The fourth-order valence-corrected chi connectivity index (χ4v) is 5.75. The summed E-state index contributed by atoms with van der Waals surface area (Å²) in [5.41, 5.74) is 6.08. The average molecular weight is 629 g/mol. The van der Waals surface area contributed by atoms with Crippen LogP contribution in [-0.2, 0) is 9.47 Å². The van der Waals surface area contributed by atoms with E-state index in [0.717, 1.165) is 37.8 Å². The molecule has 2 fully saturated rings. The van der Waals surface area contributed by atoms with Crippen molar-refractivity contribution in [2.75, 3.05) is 39.5 Å². The first-order valence-electron chi connectivity index (χ1n) is 14.4. The molecule has 3 aromatic rings. The minimum atomic E-state index is -0.922. The summed E-state index contributed by atoms with van der Waals surface area (Å²) in [5, 5.41) is 8.83. The molecule has 1 aliphatic carbocycles. The molecule has 0 spiro atoms. The number of aromatic nitrogens is 4. The zero-order valence-corrected chi connectivity index (χ0v) is 25.1. The van der Waals surface area contributed by atoms with Crippen LogP contribution in [0, 0.1) is 11.8 Å². The Hall–Kier alpha value is -3.92. The van der Waals surface area contributed by atoms with Crippen molar-refractivity contribution < 1.29 is 27.8 Å². The van der Waals surface area contributed by atoms with Crippen LogP contribution in [0.25, 0.3) is 16.3 Å². The van der Waals surface area contributed by atoms with Gasteiger partial charge >= 0.3 is 0 Å². The highest BCUT2D eigenvalue weighted by atomic mass is 32.1. The largest absolute Gasteiger partial charge is 0.395 e. The van der Waals surface area contributed by atoms with Crippen LogP contribution in [0.5, 0.6) is 0 Å². The van der Waals surface area contributed by atoms with Crippen LogP contribution in [0.15, 0.2) is 40.6 Å². The van der Waals surface area contributed by atoms with Gasteiger partial charge in [-0.1, -0.05) is 0 Å². The van der Waals surface area contributed by atoms with E-state index >= 15 is 0 Å². The highest BCUT2D eigenvalue weighted by Gasteiger charge is 2.23. The van der Waals surface area contributed by atoms with Gasteiger partial charge in [-0.25, -0.2) is 19.0 Å². The number of thiazole rings is 1. The van der Waals surface area contributed by atoms with Crippen LogP contribution in [0.4, 0.5) is 8.78 Å². The van der Waals surface area contributed by atoms with Crippen molar-refractivity contribution in [2.45, 2.75) is 44.8 Å². The van der Waals surface area contributed by atoms with Crippen molar-refractivity contribution in [2.24, 2.45) is 10.7 Å². The van der Waals surface area contributed by atoms with Crippen LogP contribution in [0.3, 0.4) is 0 Å². The second kappa shape index (κ2) is 14.7. The standard InChI is InChI=1S/C29H34F2N8O4S/c1-2-43-20-5-3-19(4-6-20)33-14-22(26(32)27-21(30)7-8-24(31)37-27)35-28(41)23-17-44-29(36-23)18-13-34-39(15-18)25(40)16-38-9-11-42-12-10-38/h7-8,13-15,17,19-20H,2-6,9-12,16,32H2,1H3,(H,35,41). The molecular weight excluding hydrogens is 594 g/mol. The molecule has 0 radical (unpaired) electrons. The number of pyridine rings is 1. The molecule has 0 bridgehead atoms. The van der Waals surface area contributed by atoms with E-state index in [1.807, 2.05) is 11.8 Å². The van der Waals surface area contributed by atoms with Crippen molar-refractivity contribution in [3.63, 3.8) is 0 Å². The minimum absolute atomic E-state index is 0.0324. The number of aliphatic imine (C=N–C) groups is 1. The van der Waals surface area contributed by atoms with E-state index in [0.29, 0.717) is 43.5 Å². The second-order valence-corrected chi connectivity index (χ2v) is 11.3. The molecule has 4 heterocycles. The van der Waals surface area contributed by atoms with Crippen LogP contribution >= 0.6 is 11.3 Å². The molecule has 1 amide bonds. The lowest BCUT2D eigenvalue weighted by molar-refractivity contribution is 0.0335. The maximum atomic E-state index is 14.6. The molecule has 0 unspecified atom stereocenters. The molecule has 1 saturated carbocycles. The Balaban J connectivity index is 1.31. The van der Waals surface area contributed by atoms with Gasteiger partial charge < -0.3 is 20.5 Å². The number of nitrogens with zero attached hydrogens (tertiary/aromatic N) is 6. The third-order valence-electron chi connectivity index (χ3n) is 7.35. The topological polar surface area (TPSA) is 150 Å². The van der Waals surface area contributed by atoms with Crippen molar-refractivity contribution >= 4 is 35.1 Å². The number of carbonyl (C=O) groups is 2. The van der Waals surface area contributed by atoms with Crippen LogP contribution in [0.1, 0.15) is 53.6 Å². The van der Waals surface area contributed by atoms with Gasteiger partial charge in [0.05, 0.1) is 49.5 Å². The number of nitrogens with one attached hydrogen (secondary N) is 1. The molecule has 234 valence electrons. The molecule has 0 aromatic carbocycles. The third kappa shape index (κ3) is 7.96. The Morgan fingerprint density at radius 1 is 1.20 bits per heavy atom. The number of amides is 1. The first-order valence-corrected chi connectivity index (χ1v) is 15.3. The minimum Gasteiger partial charge on any atom is -0.395 e. The molecule has 12 nitrogen and oxygen atoms in total. The molecule has 44 heavy (non-hydrogen) atoms. The number of allylic oxidation sites excluding steroid dienone is 1. The summed E-state index contributed by atoms with van der Waals surface area (Å²) in [6, 6.07) is 1.74. The first kappa shape index (κ1) is 31.5. The van der Waals surface area contributed by atoms with E-state index < -0.39 is 23.4 Å². The Morgan fingerprint density at radius 2 is 1.98 bits per heavy atom. The fraction of sp³-hybridized carbons (Fsp3) is 0.448. The van der Waals surface area contributed by atoms with Crippen LogP contribution in [0.2, 0.25) is 0 Å². The Labute approximate surface area is 257 Å². The molecule has 3 aromatic heterocycles. The summed E-state index contributed by atoms with van der Waals surface area (Å²) < 4.78 is 40.7. The first-order chi connectivity index (χ1) is 21.3. The number of hydrogen-bond acceptors (Lipinski definition) is 11. The van der Waals surface area contributed by atoms with Gasteiger partial charge in [0.2, 0.25) is 5.95 Å². The third-order valence-corrected chi connectivity index (χ3v) is 8.24. The van der Waals surface area contributed by atoms with Gasteiger partial charge in [0.25, 0.3) is 11.8 Å². The lowest BCUT2D eigenvalue weighted by atomic mass is 9.93. The van der Waals surface area contributed by atoms with E-state index in [9.17, 15) is 18.4 Å². The zero-order chi connectivity index (χ0) is 31.1. The molecule has 1 saturated heterocycles. The molecule has 0 atom stereocenters. The zero-order valence-electron chi connectivity index (χ0n) is 24.2. The highest BCUT2D eigenvalue weighted by Crippen LogP contribution is 2.25. The Morgan fingerprint density at radius 3 is 2.73 bits per heavy atom. The summed E-state index contributed by atoms with van der Waals surface area (Å²) >= 11 is 1.19.